The van der Waals surface area contributed by atoms with Crippen molar-refractivity contribution < 1.29 is 27.9 Å². The van der Waals surface area contributed by atoms with Gasteiger partial charge in [-0.25, -0.2) is 0 Å². The Morgan fingerprint density at radius 3 is 2.29 bits per heavy atom. The first-order valence-electron chi connectivity index (χ1n) is 7.29. The summed E-state index contributed by atoms with van der Waals surface area (Å²) in [5.41, 5.74) is 0. The molecule has 0 radical (unpaired) electrons. The van der Waals surface area contributed by atoms with E-state index in [0.717, 1.165) is 0 Å². The second kappa shape index (κ2) is 7.66. The SMILES string of the molecule is CC(CCCNC(=O)C1CCC(C(F)(F)F)CC1)C(=O)O. The average molecular weight is 309 g/mol. The molecule has 1 atom stereocenters. The second-order valence-electron chi connectivity index (χ2n) is 5.76. The Labute approximate surface area is 122 Å². The van der Waals surface area contributed by atoms with Crippen LogP contribution < -0.4 is 5.32 Å². The van der Waals surface area contributed by atoms with Gasteiger partial charge >= 0.3 is 12.1 Å². The van der Waals surface area contributed by atoms with Gasteiger partial charge in [-0.2, -0.15) is 13.2 Å². The molecule has 122 valence electrons. The van der Waals surface area contributed by atoms with E-state index in [1.807, 2.05) is 0 Å². The summed E-state index contributed by atoms with van der Waals surface area (Å²) in [6.45, 7) is 1.97. The number of rotatable bonds is 6. The first-order valence-corrected chi connectivity index (χ1v) is 7.29. The van der Waals surface area contributed by atoms with Crippen LogP contribution in [-0.4, -0.2) is 29.7 Å². The molecule has 2 N–H and O–H groups in total. The molecule has 7 heteroatoms. The lowest BCUT2D eigenvalue weighted by molar-refractivity contribution is -0.184. The van der Waals surface area contributed by atoms with E-state index in [2.05, 4.69) is 5.32 Å². The normalized spacial score (nSPS) is 24.4. The van der Waals surface area contributed by atoms with Crippen molar-refractivity contribution >= 4 is 11.9 Å². The fourth-order valence-electron chi connectivity index (χ4n) is 2.57. The van der Waals surface area contributed by atoms with Gasteiger partial charge in [0, 0.05) is 12.5 Å². The quantitative estimate of drug-likeness (QED) is 0.741. The molecule has 1 aliphatic carbocycles. The fourth-order valence-corrected chi connectivity index (χ4v) is 2.57. The molecule has 1 aliphatic rings. The Kier molecular flexibility index (Phi) is 6.48. The van der Waals surface area contributed by atoms with Gasteiger partial charge in [-0.1, -0.05) is 6.92 Å². The van der Waals surface area contributed by atoms with Crippen LogP contribution in [0.15, 0.2) is 0 Å². The van der Waals surface area contributed by atoms with Crippen LogP contribution in [0.25, 0.3) is 0 Å². The molecule has 0 aromatic carbocycles. The Bertz CT molecular complexity index is 363. The number of amides is 1. The lowest BCUT2D eigenvalue weighted by Gasteiger charge is -2.29. The molecule has 1 amide bonds. The summed E-state index contributed by atoms with van der Waals surface area (Å²) in [7, 11) is 0. The minimum Gasteiger partial charge on any atom is -0.481 e. The van der Waals surface area contributed by atoms with Gasteiger partial charge in [-0.15, -0.1) is 0 Å². The van der Waals surface area contributed by atoms with Crippen molar-refractivity contribution in [3.8, 4) is 0 Å². The first kappa shape index (κ1) is 17.8. The highest BCUT2D eigenvalue weighted by Gasteiger charge is 2.42. The van der Waals surface area contributed by atoms with Crippen LogP contribution in [0.1, 0.15) is 45.4 Å². The number of hydrogen-bond acceptors (Lipinski definition) is 2. The molecule has 0 aromatic rings. The second-order valence-corrected chi connectivity index (χ2v) is 5.76. The van der Waals surface area contributed by atoms with Crippen LogP contribution in [0.2, 0.25) is 0 Å². The zero-order valence-electron chi connectivity index (χ0n) is 12.1. The van der Waals surface area contributed by atoms with Crippen LogP contribution >= 0.6 is 0 Å². The predicted molar refractivity (Wildman–Crippen MR) is 70.5 cm³/mol. The number of carbonyl (C=O) groups is 2. The largest absolute Gasteiger partial charge is 0.481 e. The zero-order valence-corrected chi connectivity index (χ0v) is 12.1. The lowest BCUT2D eigenvalue weighted by atomic mass is 9.81. The first-order chi connectivity index (χ1) is 9.71. The third kappa shape index (κ3) is 5.93. The fraction of sp³-hybridized carbons (Fsp3) is 0.857. The Morgan fingerprint density at radius 2 is 1.81 bits per heavy atom. The number of halogens is 3. The number of carboxylic acid groups (broad SMARTS) is 1. The topological polar surface area (TPSA) is 66.4 Å². The molecule has 0 saturated heterocycles. The Morgan fingerprint density at radius 1 is 1.24 bits per heavy atom. The molecule has 0 aliphatic heterocycles. The van der Waals surface area contributed by atoms with Crippen molar-refractivity contribution in [2.75, 3.05) is 6.54 Å². The van der Waals surface area contributed by atoms with Gasteiger partial charge in [0.25, 0.3) is 0 Å². The Balaban J connectivity index is 2.21. The highest BCUT2D eigenvalue weighted by atomic mass is 19.4. The minimum absolute atomic E-state index is 0.0115. The summed E-state index contributed by atoms with van der Waals surface area (Å²) in [5.74, 6) is -3.16. The molecule has 0 aromatic heterocycles. The molecule has 0 heterocycles. The lowest BCUT2D eigenvalue weighted by Crippen LogP contribution is -2.36. The smallest absolute Gasteiger partial charge is 0.391 e. The summed E-state index contributed by atoms with van der Waals surface area (Å²) in [5, 5.41) is 11.4. The highest BCUT2D eigenvalue weighted by molar-refractivity contribution is 5.78. The summed E-state index contributed by atoms with van der Waals surface area (Å²) in [4.78, 5) is 22.4. The maximum Gasteiger partial charge on any atom is 0.391 e. The Hall–Kier alpha value is -1.27. The molecule has 0 bridgehead atoms. The molecule has 21 heavy (non-hydrogen) atoms. The molecule has 1 rings (SSSR count). The van der Waals surface area contributed by atoms with Crippen LogP contribution in [0, 0.1) is 17.8 Å². The van der Waals surface area contributed by atoms with Crippen molar-refractivity contribution in [2.45, 2.75) is 51.6 Å². The van der Waals surface area contributed by atoms with E-state index in [4.69, 9.17) is 5.11 Å². The number of nitrogens with one attached hydrogen (secondary N) is 1. The summed E-state index contributed by atoms with van der Waals surface area (Å²) < 4.78 is 37.5. The van der Waals surface area contributed by atoms with Gasteiger partial charge in [-0.3, -0.25) is 9.59 Å². The maximum atomic E-state index is 12.5. The number of carboxylic acids is 1. The summed E-state index contributed by atoms with van der Waals surface area (Å²) in [6.07, 6.45) is -2.58. The summed E-state index contributed by atoms with van der Waals surface area (Å²) in [6, 6.07) is 0. The average Bonchev–Trinajstić information content (AvgIpc) is 2.42. The van der Waals surface area contributed by atoms with Crippen molar-refractivity contribution in [3.63, 3.8) is 0 Å². The number of carbonyl (C=O) groups excluding carboxylic acids is 1. The molecular weight excluding hydrogens is 287 g/mol. The minimum atomic E-state index is -4.16. The van der Waals surface area contributed by atoms with Crippen LogP contribution in [0.4, 0.5) is 13.2 Å². The molecule has 1 unspecified atom stereocenters. The van der Waals surface area contributed by atoms with Crippen molar-refractivity contribution in [1.29, 1.82) is 0 Å². The van der Waals surface area contributed by atoms with E-state index in [9.17, 15) is 22.8 Å². The third-order valence-electron chi connectivity index (χ3n) is 4.10. The van der Waals surface area contributed by atoms with E-state index in [0.29, 0.717) is 19.4 Å². The van der Waals surface area contributed by atoms with E-state index in [-0.39, 0.29) is 37.5 Å². The molecule has 1 fully saturated rings. The van der Waals surface area contributed by atoms with Crippen LogP contribution in [-0.2, 0) is 9.59 Å². The van der Waals surface area contributed by atoms with E-state index in [1.165, 1.54) is 0 Å². The summed E-state index contributed by atoms with van der Waals surface area (Å²) >= 11 is 0. The molecule has 1 saturated carbocycles. The molecule has 4 nitrogen and oxygen atoms in total. The van der Waals surface area contributed by atoms with Gasteiger partial charge in [0.1, 0.15) is 0 Å². The number of hydrogen-bond donors (Lipinski definition) is 2. The maximum absolute atomic E-state index is 12.5. The molecular formula is C14H22F3NO3. The molecule has 0 spiro atoms. The van der Waals surface area contributed by atoms with Crippen LogP contribution in [0.5, 0.6) is 0 Å². The monoisotopic (exact) mass is 309 g/mol. The van der Waals surface area contributed by atoms with Gasteiger partial charge < -0.3 is 10.4 Å². The van der Waals surface area contributed by atoms with Gasteiger partial charge in [-0.05, 0) is 38.5 Å². The van der Waals surface area contributed by atoms with E-state index in [1.54, 1.807) is 6.92 Å². The van der Waals surface area contributed by atoms with Crippen LogP contribution in [0.3, 0.4) is 0 Å². The van der Waals surface area contributed by atoms with E-state index < -0.39 is 24.0 Å². The van der Waals surface area contributed by atoms with Gasteiger partial charge in [0.05, 0.1) is 11.8 Å². The standard InChI is InChI=1S/C14H22F3NO3/c1-9(13(20)21)3-2-8-18-12(19)10-4-6-11(7-5-10)14(15,16)17/h9-11H,2-8H2,1H3,(H,18,19)(H,20,21). The number of aliphatic carboxylic acids is 1. The van der Waals surface area contributed by atoms with Crippen molar-refractivity contribution in [3.05, 3.63) is 0 Å². The van der Waals surface area contributed by atoms with Gasteiger partial charge in [0.2, 0.25) is 5.91 Å². The van der Waals surface area contributed by atoms with E-state index >= 15 is 0 Å². The predicted octanol–water partition coefficient (Wildman–Crippen LogP) is 2.97. The number of alkyl halides is 3. The van der Waals surface area contributed by atoms with Crippen molar-refractivity contribution in [2.24, 2.45) is 17.8 Å². The third-order valence-corrected chi connectivity index (χ3v) is 4.10. The van der Waals surface area contributed by atoms with Gasteiger partial charge in [0.15, 0.2) is 0 Å². The zero-order chi connectivity index (χ0) is 16.0. The van der Waals surface area contributed by atoms with Crippen molar-refractivity contribution in [1.82, 2.24) is 5.32 Å². The highest BCUT2D eigenvalue weighted by Crippen LogP contribution is 2.39.